The fraction of sp³-hybridized carbons (Fsp3) is 0.412. The summed E-state index contributed by atoms with van der Waals surface area (Å²) in [5.74, 6) is 0. The third kappa shape index (κ3) is 4.68. The second-order valence-electron chi connectivity index (χ2n) is 5.33. The van der Waals surface area contributed by atoms with Gasteiger partial charge in [-0.15, -0.1) is 0 Å². The summed E-state index contributed by atoms with van der Waals surface area (Å²) in [4.78, 5) is 8.82. The van der Waals surface area contributed by atoms with Gasteiger partial charge >= 0.3 is 19.8 Å². The molecule has 4 nitrogen and oxygen atoms in total. The van der Waals surface area contributed by atoms with Crippen molar-refractivity contribution in [1.29, 1.82) is 0 Å². The second kappa shape index (κ2) is 8.48. The van der Waals surface area contributed by atoms with Gasteiger partial charge in [0.25, 0.3) is 0 Å². The zero-order chi connectivity index (χ0) is 14.5. The summed E-state index contributed by atoms with van der Waals surface area (Å²) in [6.45, 7) is 3.52. The van der Waals surface area contributed by atoms with Crippen LogP contribution in [-0.2, 0) is 35.7 Å². The molecule has 2 aromatic rings. The quantitative estimate of drug-likeness (QED) is 0.668. The molecule has 2 aromatic heterocycles. The van der Waals surface area contributed by atoms with Crippen LogP contribution in [0.1, 0.15) is 24.0 Å². The van der Waals surface area contributed by atoms with Crippen molar-refractivity contribution in [3.63, 3.8) is 0 Å². The Morgan fingerprint density at radius 2 is 1.73 bits per heavy atom. The van der Waals surface area contributed by atoms with Crippen molar-refractivity contribution in [2.75, 3.05) is 13.2 Å². The maximum Gasteiger partial charge on any atom is 2.00 e. The van der Waals surface area contributed by atoms with Crippen molar-refractivity contribution in [2.45, 2.75) is 32.5 Å². The van der Waals surface area contributed by atoms with Crippen LogP contribution < -0.4 is 0 Å². The minimum absolute atomic E-state index is 0. The average molecular weight is 475 g/mol. The Balaban J connectivity index is 0.00000176. The number of aromatic nitrogens is 2. The summed E-state index contributed by atoms with van der Waals surface area (Å²) in [5.41, 5.74) is 4.34. The van der Waals surface area contributed by atoms with Crippen molar-refractivity contribution < 1.29 is 29.3 Å². The van der Waals surface area contributed by atoms with E-state index in [1.807, 2.05) is 18.5 Å². The van der Waals surface area contributed by atoms with Gasteiger partial charge in [-0.05, 0) is 61.6 Å². The molecule has 1 aliphatic heterocycles. The molecule has 1 fully saturated rings. The topological polar surface area (TPSA) is 44.2 Å². The molecule has 116 valence electrons. The van der Waals surface area contributed by atoms with Gasteiger partial charge in [0, 0.05) is 12.4 Å². The number of hydrogen-bond donors (Lipinski definition) is 0. The molecule has 0 atom stereocenters. The van der Waals surface area contributed by atoms with Crippen molar-refractivity contribution in [1.82, 2.24) is 9.97 Å². The fourth-order valence-electron chi connectivity index (χ4n) is 2.49. The Morgan fingerprint density at radius 3 is 2.45 bits per heavy atom. The van der Waals surface area contributed by atoms with Crippen LogP contribution in [0.25, 0.3) is 11.4 Å². The van der Waals surface area contributed by atoms with Crippen LogP contribution in [0.4, 0.5) is 0 Å². The smallest absolute Gasteiger partial charge is 0.350 e. The minimum Gasteiger partial charge on any atom is -0.350 e. The van der Waals surface area contributed by atoms with E-state index in [-0.39, 0.29) is 26.1 Å². The molecular weight excluding hydrogens is 454 g/mol. The molecule has 5 heteroatoms. The van der Waals surface area contributed by atoms with Gasteiger partial charge in [-0.1, -0.05) is 0 Å². The first kappa shape index (κ1) is 17.2. The van der Waals surface area contributed by atoms with E-state index in [2.05, 4.69) is 35.1 Å². The molecule has 0 unspecified atom stereocenters. The monoisotopic (exact) mass is 476 g/mol. The van der Waals surface area contributed by atoms with Gasteiger partial charge < -0.3 is 9.47 Å². The molecule has 0 radical (unpaired) electrons. The van der Waals surface area contributed by atoms with E-state index in [4.69, 9.17) is 9.47 Å². The Hall–Kier alpha value is -1.14. The SMILES string of the molecule is Cc1ccnc(-c2cc(CCCC3OCCO3)ccn2)c1.[Os+2]. The first-order valence-electron chi connectivity index (χ1n) is 7.42. The second-order valence-corrected chi connectivity index (χ2v) is 5.33. The zero-order valence-electron chi connectivity index (χ0n) is 12.6. The van der Waals surface area contributed by atoms with Gasteiger partial charge in [-0.25, -0.2) is 0 Å². The first-order chi connectivity index (χ1) is 10.3. The summed E-state index contributed by atoms with van der Waals surface area (Å²) in [5, 5.41) is 0. The summed E-state index contributed by atoms with van der Waals surface area (Å²) >= 11 is 0. The van der Waals surface area contributed by atoms with Gasteiger partial charge in [0.1, 0.15) is 0 Å². The average Bonchev–Trinajstić information content (AvgIpc) is 3.01. The Labute approximate surface area is 144 Å². The molecule has 22 heavy (non-hydrogen) atoms. The van der Waals surface area contributed by atoms with Crippen LogP contribution in [0.5, 0.6) is 0 Å². The molecule has 0 saturated carbocycles. The van der Waals surface area contributed by atoms with Crippen molar-refractivity contribution in [3.05, 3.63) is 47.8 Å². The zero-order valence-corrected chi connectivity index (χ0v) is 15.2. The van der Waals surface area contributed by atoms with E-state index in [1.54, 1.807) is 0 Å². The maximum atomic E-state index is 5.45. The Bertz CT molecular complexity index is 601. The van der Waals surface area contributed by atoms with Crippen molar-refractivity contribution in [3.8, 4) is 11.4 Å². The van der Waals surface area contributed by atoms with E-state index in [1.165, 1.54) is 11.1 Å². The number of rotatable bonds is 5. The number of pyridine rings is 2. The van der Waals surface area contributed by atoms with E-state index < -0.39 is 0 Å². The summed E-state index contributed by atoms with van der Waals surface area (Å²) in [7, 11) is 0. The van der Waals surface area contributed by atoms with E-state index in [0.29, 0.717) is 0 Å². The molecule has 0 aromatic carbocycles. The predicted molar refractivity (Wildman–Crippen MR) is 80.8 cm³/mol. The molecule has 0 aliphatic carbocycles. The largest absolute Gasteiger partial charge is 2.00 e. The van der Waals surface area contributed by atoms with Gasteiger partial charge in [0.2, 0.25) is 0 Å². The van der Waals surface area contributed by atoms with Crippen molar-refractivity contribution in [2.24, 2.45) is 0 Å². The molecular formula is C17H20N2O2Os+2. The van der Waals surface area contributed by atoms with Crippen LogP contribution in [-0.4, -0.2) is 29.5 Å². The van der Waals surface area contributed by atoms with Crippen LogP contribution in [0.15, 0.2) is 36.7 Å². The number of hydrogen-bond acceptors (Lipinski definition) is 4. The molecule has 1 saturated heterocycles. The first-order valence-corrected chi connectivity index (χ1v) is 7.42. The molecule has 3 rings (SSSR count). The molecule has 0 spiro atoms. The van der Waals surface area contributed by atoms with E-state index in [0.717, 1.165) is 43.9 Å². The molecule has 1 aliphatic rings. The summed E-state index contributed by atoms with van der Waals surface area (Å²) < 4.78 is 10.9. The van der Waals surface area contributed by atoms with E-state index >= 15 is 0 Å². The Kier molecular flexibility index (Phi) is 6.63. The molecule has 0 N–H and O–H groups in total. The maximum absolute atomic E-state index is 5.45. The molecule has 3 heterocycles. The normalized spacial score (nSPS) is 14.8. The van der Waals surface area contributed by atoms with Crippen LogP contribution in [0.2, 0.25) is 0 Å². The number of nitrogens with zero attached hydrogens (tertiary/aromatic N) is 2. The number of ether oxygens (including phenoxy) is 2. The summed E-state index contributed by atoms with van der Waals surface area (Å²) in [6.07, 6.45) is 6.68. The minimum atomic E-state index is -0.00949. The molecule has 0 amide bonds. The van der Waals surface area contributed by atoms with E-state index in [9.17, 15) is 0 Å². The van der Waals surface area contributed by atoms with Crippen LogP contribution in [0.3, 0.4) is 0 Å². The van der Waals surface area contributed by atoms with Gasteiger partial charge in [-0.3, -0.25) is 9.97 Å². The summed E-state index contributed by atoms with van der Waals surface area (Å²) in [6, 6.07) is 8.25. The Morgan fingerprint density at radius 1 is 1.05 bits per heavy atom. The predicted octanol–water partition coefficient (Wildman–Crippen LogP) is 3.15. The number of aryl methyl sites for hydroxylation is 2. The third-order valence-electron chi connectivity index (χ3n) is 3.60. The van der Waals surface area contributed by atoms with Crippen LogP contribution >= 0.6 is 0 Å². The molecule has 0 bridgehead atoms. The van der Waals surface area contributed by atoms with Gasteiger partial charge in [-0.2, -0.15) is 0 Å². The third-order valence-corrected chi connectivity index (χ3v) is 3.60. The standard InChI is InChI=1S/C17H20N2O2.Os/c1-13-5-7-18-15(11-13)16-12-14(6-8-19-16)3-2-4-17-20-9-10-21-17;/h5-8,11-12,17H,2-4,9-10H2,1H3;/q;+2. The van der Waals surface area contributed by atoms with Crippen LogP contribution in [0, 0.1) is 6.92 Å². The van der Waals surface area contributed by atoms with Crippen molar-refractivity contribution >= 4 is 0 Å². The van der Waals surface area contributed by atoms with Gasteiger partial charge in [0.05, 0.1) is 24.6 Å². The van der Waals surface area contributed by atoms with Gasteiger partial charge in [0.15, 0.2) is 6.29 Å². The fourth-order valence-corrected chi connectivity index (χ4v) is 2.49.